The van der Waals surface area contributed by atoms with Crippen LogP contribution in [0.15, 0.2) is 0 Å². The highest BCUT2D eigenvalue weighted by molar-refractivity contribution is 5.79. The normalized spacial score (nSPS) is 19.5. The number of carbonyl (C=O) groups excluding carboxylic acids is 1. The van der Waals surface area contributed by atoms with Crippen LogP contribution in [0.5, 0.6) is 0 Å². The van der Waals surface area contributed by atoms with Gasteiger partial charge in [0.15, 0.2) is 0 Å². The Balaban J connectivity index is 2.59. The van der Waals surface area contributed by atoms with Crippen LogP contribution in [0.2, 0.25) is 0 Å². The molecule has 1 saturated carbocycles. The number of nitrogens with one attached hydrogen (secondary N) is 1. The van der Waals surface area contributed by atoms with Gasteiger partial charge in [0.1, 0.15) is 6.42 Å². The first-order valence-electron chi connectivity index (χ1n) is 6.32. The highest BCUT2D eigenvalue weighted by Crippen LogP contribution is 2.35. The lowest BCUT2D eigenvalue weighted by molar-refractivity contribution is -0.155. The van der Waals surface area contributed by atoms with Gasteiger partial charge in [-0.1, -0.05) is 25.7 Å². The largest absolute Gasteiger partial charge is 0.481 e. The second kappa shape index (κ2) is 6.25. The average molecular weight is 281 g/mol. The first-order chi connectivity index (χ1) is 8.75. The van der Waals surface area contributed by atoms with Crippen LogP contribution in [0.1, 0.15) is 44.9 Å². The topological polar surface area (TPSA) is 66.4 Å². The molecule has 2 N–H and O–H groups in total. The molecule has 0 aliphatic heterocycles. The number of carbonyl (C=O) groups is 2. The van der Waals surface area contributed by atoms with Gasteiger partial charge in [-0.25, -0.2) is 0 Å². The first-order valence-corrected chi connectivity index (χ1v) is 6.32. The number of hydrogen-bond donors (Lipinski definition) is 2. The Labute approximate surface area is 109 Å². The van der Waals surface area contributed by atoms with Gasteiger partial charge in [-0.3, -0.25) is 9.59 Å². The van der Waals surface area contributed by atoms with Crippen molar-refractivity contribution in [1.29, 1.82) is 0 Å². The number of carboxylic acid groups (broad SMARTS) is 1. The summed E-state index contributed by atoms with van der Waals surface area (Å²) in [5, 5.41) is 11.4. The Hall–Kier alpha value is -1.27. The minimum Gasteiger partial charge on any atom is -0.481 e. The van der Waals surface area contributed by atoms with Crippen LogP contribution in [0.25, 0.3) is 0 Å². The third-order valence-electron chi connectivity index (χ3n) is 3.50. The van der Waals surface area contributed by atoms with E-state index in [1.165, 1.54) is 0 Å². The van der Waals surface area contributed by atoms with Crippen molar-refractivity contribution >= 4 is 11.9 Å². The van der Waals surface area contributed by atoms with Crippen LogP contribution in [-0.4, -0.2) is 29.7 Å². The molecule has 0 unspecified atom stereocenters. The van der Waals surface area contributed by atoms with Gasteiger partial charge in [0.05, 0.1) is 5.41 Å². The summed E-state index contributed by atoms with van der Waals surface area (Å²) in [6.07, 6.45) is -2.05. The van der Waals surface area contributed by atoms with Gasteiger partial charge < -0.3 is 10.4 Å². The van der Waals surface area contributed by atoms with E-state index < -0.39 is 29.9 Å². The Morgan fingerprint density at radius 1 is 1.11 bits per heavy atom. The van der Waals surface area contributed by atoms with E-state index in [9.17, 15) is 27.9 Å². The fourth-order valence-electron chi connectivity index (χ4n) is 2.38. The van der Waals surface area contributed by atoms with Gasteiger partial charge in [-0.2, -0.15) is 13.2 Å². The summed E-state index contributed by atoms with van der Waals surface area (Å²) in [6.45, 7) is -0.225. The van der Waals surface area contributed by atoms with E-state index in [0.717, 1.165) is 25.7 Å². The molecule has 0 aromatic heterocycles. The lowest BCUT2D eigenvalue weighted by Gasteiger charge is -2.28. The van der Waals surface area contributed by atoms with Gasteiger partial charge in [-0.05, 0) is 12.8 Å². The molecule has 0 aromatic rings. The highest BCUT2D eigenvalue weighted by Gasteiger charge is 2.39. The minimum atomic E-state index is -4.57. The number of carboxylic acids is 1. The molecule has 0 heterocycles. The quantitative estimate of drug-likeness (QED) is 0.778. The van der Waals surface area contributed by atoms with Crippen molar-refractivity contribution in [2.75, 3.05) is 6.54 Å². The van der Waals surface area contributed by atoms with Crippen molar-refractivity contribution < 1.29 is 27.9 Å². The molecule has 1 fully saturated rings. The fraction of sp³-hybridized carbons (Fsp3) is 0.833. The second-order valence-electron chi connectivity index (χ2n) is 5.07. The SMILES string of the molecule is O=C(CC(F)(F)F)NCC1(C(=O)O)CCCCCC1. The van der Waals surface area contributed by atoms with Crippen LogP contribution in [0.4, 0.5) is 13.2 Å². The molecular weight excluding hydrogens is 263 g/mol. The highest BCUT2D eigenvalue weighted by atomic mass is 19.4. The maximum Gasteiger partial charge on any atom is 0.397 e. The molecule has 110 valence electrons. The summed E-state index contributed by atoms with van der Waals surface area (Å²) in [6, 6.07) is 0. The molecule has 4 nitrogen and oxygen atoms in total. The summed E-state index contributed by atoms with van der Waals surface area (Å²) >= 11 is 0. The molecule has 0 atom stereocenters. The summed E-state index contributed by atoms with van der Waals surface area (Å²) in [5.41, 5.74) is -1.11. The van der Waals surface area contributed by atoms with E-state index in [2.05, 4.69) is 5.32 Å². The van der Waals surface area contributed by atoms with Crippen molar-refractivity contribution in [3.63, 3.8) is 0 Å². The monoisotopic (exact) mass is 281 g/mol. The summed E-state index contributed by atoms with van der Waals surface area (Å²) in [4.78, 5) is 22.5. The predicted octanol–water partition coefficient (Wildman–Crippen LogP) is 2.48. The molecule has 19 heavy (non-hydrogen) atoms. The van der Waals surface area contributed by atoms with Crippen molar-refractivity contribution in [2.24, 2.45) is 5.41 Å². The van der Waals surface area contributed by atoms with Crippen molar-refractivity contribution in [2.45, 2.75) is 51.1 Å². The molecular formula is C12H18F3NO3. The molecule has 7 heteroatoms. The standard InChI is InChI=1S/C12H18F3NO3/c13-12(14,15)7-9(17)16-8-11(10(18)19)5-3-1-2-4-6-11/h1-8H2,(H,16,17)(H,18,19). The van der Waals surface area contributed by atoms with E-state index in [1.54, 1.807) is 0 Å². The van der Waals surface area contributed by atoms with Crippen LogP contribution in [-0.2, 0) is 9.59 Å². The predicted molar refractivity (Wildman–Crippen MR) is 61.5 cm³/mol. The van der Waals surface area contributed by atoms with Gasteiger partial charge in [0.25, 0.3) is 0 Å². The summed E-state index contributed by atoms with van der Waals surface area (Å²) in [5.74, 6) is -2.21. The van der Waals surface area contributed by atoms with E-state index in [0.29, 0.717) is 12.8 Å². The van der Waals surface area contributed by atoms with Crippen LogP contribution in [0, 0.1) is 5.41 Å². The van der Waals surface area contributed by atoms with Crippen molar-refractivity contribution in [3.8, 4) is 0 Å². The van der Waals surface area contributed by atoms with Crippen molar-refractivity contribution in [3.05, 3.63) is 0 Å². The lowest BCUT2D eigenvalue weighted by atomic mass is 9.80. The number of aliphatic carboxylic acids is 1. The Morgan fingerprint density at radius 3 is 2.05 bits per heavy atom. The van der Waals surface area contributed by atoms with Crippen LogP contribution >= 0.6 is 0 Å². The third-order valence-corrected chi connectivity index (χ3v) is 3.50. The van der Waals surface area contributed by atoms with E-state index in [4.69, 9.17) is 0 Å². The molecule has 1 aliphatic carbocycles. The number of halogens is 3. The third kappa shape index (κ3) is 5.08. The van der Waals surface area contributed by atoms with Gasteiger partial charge in [0, 0.05) is 6.54 Å². The Bertz CT molecular complexity index is 334. The zero-order chi connectivity index (χ0) is 14.5. The lowest BCUT2D eigenvalue weighted by Crippen LogP contribution is -2.43. The molecule has 1 amide bonds. The second-order valence-corrected chi connectivity index (χ2v) is 5.07. The summed E-state index contributed by atoms with van der Waals surface area (Å²) < 4.78 is 36.0. The molecule has 0 aromatic carbocycles. The van der Waals surface area contributed by atoms with Gasteiger partial charge in [0.2, 0.25) is 5.91 Å². The fourth-order valence-corrected chi connectivity index (χ4v) is 2.38. The zero-order valence-corrected chi connectivity index (χ0v) is 10.6. The minimum absolute atomic E-state index is 0.225. The number of amides is 1. The average Bonchev–Trinajstić information content (AvgIpc) is 2.50. The Kier molecular flexibility index (Phi) is 5.20. The Morgan fingerprint density at radius 2 is 1.63 bits per heavy atom. The van der Waals surface area contributed by atoms with Crippen LogP contribution < -0.4 is 5.32 Å². The van der Waals surface area contributed by atoms with Crippen molar-refractivity contribution in [1.82, 2.24) is 5.32 Å². The van der Waals surface area contributed by atoms with E-state index in [1.807, 2.05) is 0 Å². The molecule has 0 saturated heterocycles. The summed E-state index contributed by atoms with van der Waals surface area (Å²) in [7, 11) is 0. The van der Waals surface area contributed by atoms with Gasteiger partial charge in [-0.15, -0.1) is 0 Å². The number of rotatable bonds is 4. The molecule has 1 aliphatic rings. The first kappa shape index (κ1) is 15.8. The number of hydrogen-bond acceptors (Lipinski definition) is 2. The van der Waals surface area contributed by atoms with Gasteiger partial charge >= 0.3 is 12.1 Å². The maximum absolute atomic E-state index is 12.0. The number of alkyl halides is 3. The molecule has 0 spiro atoms. The van der Waals surface area contributed by atoms with E-state index >= 15 is 0 Å². The van der Waals surface area contributed by atoms with E-state index in [-0.39, 0.29) is 6.54 Å². The smallest absolute Gasteiger partial charge is 0.397 e. The molecule has 1 rings (SSSR count). The molecule has 0 radical (unpaired) electrons. The maximum atomic E-state index is 12.0. The van der Waals surface area contributed by atoms with Crippen LogP contribution in [0.3, 0.4) is 0 Å². The molecule has 0 bridgehead atoms. The zero-order valence-electron chi connectivity index (χ0n) is 10.6.